The average Bonchev–Trinajstić information content (AvgIpc) is 3.15. The SMILES string of the molecule is Nc1ncc(-c2ccc(C(=O)N3CCCNCC3)cc2)nc1C(=O)Nc1ccc2c(c1)NNC2. The van der Waals surface area contributed by atoms with Crippen LogP contribution in [0.15, 0.2) is 48.7 Å². The van der Waals surface area contributed by atoms with Crippen LogP contribution in [0.5, 0.6) is 0 Å². The number of amides is 2. The fraction of sp³-hybridized carbons (Fsp3) is 0.250. The summed E-state index contributed by atoms with van der Waals surface area (Å²) in [6.45, 7) is 3.89. The molecule has 2 aromatic carbocycles. The summed E-state index contributed by atoms with van der Waals surface area (Å²) in [4.78, 5) is 36.2. The molecule has 174 valence electrons. The minimum Gasteiger partial charge on any atom is -0.382 e. The molecule has 2 amide bonds. The highest BCUT2D eigenvalue weighted by atomic mass is 16.2. The Labute approximate surface area is 196 Å². The lowest BCUT2D eigenvalue weighted by Crippen LogP contribution is -2.34. The van der Waals surface area contributed by atoms with Crippen molar-refractivity contribution < 1.29 is 9.59 Å². The predicted octanol–water partition coefficient (Wildman–Crippen LogP) is 1.84. The Morgan fingerprint density at radius 3 is 2.76 bits per heavy atom. The van der Waals surface area contributed by atoms with Crippen LogP contribution in [0.3, 0.4) is 0 Å². The first-order chi connectivity index (χ1) is 16.6. The molecule has 0 bridgehead atoms. The van der Waals surface area contributed by atoms with Crippen LogP contribution < -0.4 is 27.2 Å². The number of nitrogens with zero attached hydrogens (tertiary/aromatic N) is 3. The molecule has 0 saturated carbocycles. The molecule has 0 spiro atoms. The van der Waals surface area contributed by atoms with Crippen LogP contribution in [-0.4, -0.2) is 52.9 Å². The number of nitrogens with one attached hydrogen (secondary N) is 4. The van der Waals surface area contributed by atoms with E-state index in [1.807, 2.05) is 35.2 Å². The lowest BCUT2D eigenvalue weighted by atomic mass is 10.1. The van der Waals surface area contributed by atoms with Gasteiger partial charge in [-0.3, -0.25) is 9.59 Å². The summed E-state index contributed by atoms with van der Waals surface area (Å²) in [5, 5.41) is 6.13. The number of hydrogen-bond acceptors (Lipinski definition) is 8. The Morgan fingerprint density at radius 2 is 1.91 bits per heavy atom. The number of hydrogen-bond donors (Lipinski definition) is 5. The van der Waals surface area contributed by atoms with Gasteiger partial charge in [-0.2, -0.15) is 0 Å². The van der Waals surface area contributed by atoms with Gasteiger partial charge in [-0.05, 0) is 42.8 Å². The third-order valence-electron chi connectivity index (χ3n) is 5.94. The van der Waals surface area contributed by atoms with Crippen molar-refractivity contribution in [2.75, 3.05) is 42.7 Å². The number of hydrazine groups is 1. The number of carbonyl (C=O) groups excluding carboxylic acids is 2. The van der Waals surface area contributed by atoms with E-state index in [4.69, 9.17) is 5.73 Å². The highest BCUT2D eigenvalue weighted by molar-refractivity contribution is 6.06. The Hall–Kier alpha value is -4.02. The van der Waals surface area contributed by atoms with Crippen molar-refractivity contribution in [2.45, 2.75) is 13.0 Å². The number of rotatable bonds is 4. The summed E-state index contributed by atoms with van der Waals surface area (Å²) in [7, 11) is 0. The molecular weight excluding hydrogens is 432 g/mol. The van der Waals surface area contributed by atoms with E-state index < -0.39 is 5.91 Å². The number of nitrogen functional groups attached to an aromatic ring is 1. The van der Waals surface area contributed by atoms with E-state index in [-0.39, 0.29) is 17.4 Å². The summed E-state index contributed by atoms with van der Waals surface area (Å²) in [6, 6.07) is 12.8. The molecule has 5 rings (SSSR count). The topological polar surface area (TPSA) is 137 Å². The van der Waals surface area contributed by atoms with E-state index in [1.165, 1.54) is 6.20 Å². The second kappa shape index (κ2) is 9.46. The van der Waals surface area contributed by atoms with Gasteiger partial charge in [0.25, 0.3) is 11.8 Å². The average molecular weight is 459 g/mol. The van der Waals surface area contributed by atoms with Crippen LogP contribution in [0.4, 0.5) is 17.2 Å². The molecule has 0 unspecified atom stereocenters. The fourth-order valence-electron chi connectivity index (χ4n) is 4.07. The standard InChI is InChI=1S/C24H26N8O2/c25-22-21(23(33)29-18-7-6-17-13-28-31-19(17)12-18)30-20(14-27-22)15-2-4-16(5-3-15)24(34)32-10-1-8-26-9-11-32/h2-7,12,14,26,28,31H,1,8-11,13H2,(H2,25,27)(H,29,33). The third kappa shape index (κ3) is 4.54. The number of benzene rings is 2. The van der Waals surface area contributed by atoms with Gasteiger partial charge in [0.05, 0.1) is 17.6 Å². The zero-order chi connectivity index (χ0) is 23.5. The highest BCUT2D eigenvalue weighted by Crippen LogP contribution is 2.25. The Balaban J connectivity index is 1.32. The van der Waals surface area contributed by atoms with Crippen molar-refractivity contribution in [1.82, 2.24) is 25.6 Å². The number of nitrogens with two attached hydrogens (primary N) is 1. The van der Waals surface area contributed by atoms with Crippen molar-refractivity contribution in [3.63, 3.8) is 0 Å². The quantitative estimate of drug-likeness (QED) is 0.399. The maximum Gasteiger partial charge on any atom is 0.278 e. The van der Waals surface area contributed by atoms with E-state index in [2.05, 4.69) is 31.5 Å². The van der Waals surface area contributed by atoms with Crippen LogP contribution in [0, 0.1) is 0 Å². The molecule has 1 aromatic heterocycles. The van der Waals surface area contributed by atoms with Crippen molar-refractivity contribution in [1.29, 1.82) is 0 Å². The van der Waals surface area contributed by atoms with Gasteiger partial charge in [0, 0.05) is 43.0 Å². The monoisotopic (exact) mass is 458 g/mol. The first-order valence-electron chi connectivity index (χ1n) is 11.2. The van der Waals surface area contributed by atoms with Gasteiger partial charge in [0.2, 0.25) is 0 Å². The lowest BCUT2D eigenvalue weighted by molar-refractivity contribution is 0.0766. The van der Waals surface area contributed by atoms with Gasteiger partial charge in [-0.1, -0.05) is 18.2 Å². The molecule has 3 heterocycles. The van der Waals surface area contributed by atoms with Gasteiger partial charge in [-0.25, -0.2) is 15.4 Å². The van der Waals surface area contributed by atoms with Gasteiger partial charge >= 0.3 is 0 Å². The molecule has 0 aliphatic carbocycles. The first-order valence-corrected chi connectivity index (χ1v) is 11.2. The summed E-state index contributed by atoms with van der Waals surface area (Å²) in [5.74, 6) is -0.388. The fourth-order valence-corrected chi connectivity index (χ4v) is 4.07. The largest absolute Gasteiger partial charge is 0.382 e. The molecule has 0 atom stereocenters. The normalized spacial score (nSPS) is 15.2. The zero-order valence-corrected chi connectivity index (χ0v) is 18.6. The van der Waals surface area contributed by atoms with Gasteiger partial charge in [0.15, 0.2) is 11.5 Å². The van der Waals surface area contributed by atoms with Crippen LogP contribution >= 0.6 is 0 Å². The first kappa shape index (κ1) is 21.8. The molecule has 2 aliphatic rings. The predicted molar refractivity (Wildman–Crippen MR) is 130 cm³/mol. The number of carbonyl (C=O) groups is 2. The van der Waals surface area contributed by atoms with Crippen molar-refractivity contribution in [2.24, 2.45) is 0 Å². The van der Waals surface area contributed by atoms with E-state index in [1.54, 1.807) is 12.1 Å². The lowest BCUT2D eigenvalue weighted by Gasteiger charge is -2.20. The van der Waals surface area contributed by atoms with Crippen LogP contribution in [0.1, 0.15) is 32.8 Å². The Bertz CT molecular complexity index is 1220. The maximum absolute atomic E-state index is 12.9. The second-order valence-electron chi connectivity index (χ2n) is 8.27. The molecule has 1 fully saturated rings. The third-order valence-corrected chi connectivity index (χ3v) is 5.94. The number of aromatic nitrogens is 2. The molecular formula is C24H26N8O2. The Kier molecular flexibility index (Phi) is 6.07. The number of fused-ring (bicyclic) bond motifs is 1. The summed E-state index contributed by atoms with van der Waals surface area (Å²) in [6.07, 6.45) is 2.46. The van der Waals surface area contributed by atoms with Crippen molar-refractivity contribution >= 4 is 29.0 Å². The molecule has 0 radical (unpaired) electrons. The van der Waals surface area contributed by atoms with Crippen LogP contribution in [0.2, 0.25) is 0 Å². The second-order valence-corrected chi connectivity index (χ2v) is 8.27. The number of anilines is 3. The molecule has 10 heteroatoms. The highest BCUT2D eigenvalue weighted by Gasteiger charge is 2.19. The summed E-state index contributed by atoms with van der Waals surface area (Å²) >= 11 is 0. The van der Waals surface area contributed by atoms with E-state index in [0.29, 0.717) is 23.5 Å². The zero-order valence-electron chi connectivity index (χ0n) is 18.6. The van der Waals surface area contributed by atoms with E-state index in [0.717, 1.165) is 49.4 Å². The molecule has 1 saturated heterocycles. The molecule has 3 aromatic rings. The molecule has 10 nitrogen and oxygen atoms in total. The van der Waals surface area contributed by atoms with Crippen molar-refractivity contribution in [3.8, 4) is 11.3 Å². The summed E-state index contributed by atoms with van der Waals surface area (Å²) in [5.41, 5.74) is 16.6. The summed E-state index contributed by atoms with van der Waals surface area (Å²) < 4.78 is 0. The Morgan fingerprint density at radius 1 is 1.06 bits per heavy atom. The maximum atomic E-state index is 12.9. The van der Waals surface area contributed by atoms with Gasteiger partial charge in [-0.15, -0.1) is 0 Å². The molecule has 2 aliphatic heterocycles. The van der Waals surface area contributed by atoms with Gasteiger partial charge < -0.3 is 26.7 Å². The molecule has 6 N–H and O–H groups in total. The van der Waals surface area contributed by atoms with E-state index >= 15 is 0 Å². The van der Waals surface area contributed by atoms with Crippen LogP contribution in [-0.2, 0) is 6.54 Å². The van der Waals surface area contributed by atoms with E-state index in [9.17, 15) is 9.59 Å². The molecule has 34 heavy (non-hydrogen) atoms. The van der Waals surface area contributed by atoms with Crippen LogP contribution in [0.25, 0.3) is 11.3 Å². The van der Waals surface area contributed by atoms with Gasteiger partial charge in [0.1, 0.15) is 0 Å². The van der Waals surface area contributed by atoms with Crippen molar-refractivity contribution in [3.05, 3.63) is 65.5 Å². The smallest absolute Gasteiger partial charge is 0.278 e. The minimum absolute atomic E-state index is 0.0118. The minimum atomic E-state index is -0.445.